The number of aliphatic hydroxyl groups is 1. The van der Waals surface area contributed by atoms with Crippen molar-refractivity contribution < 1.29 is 69.3 Å². The molecule has 0 aromatic heterocycles. The van der Waals surface area contributed by atoms with Gasteiger partial charge in [-0.3, -0.25) is 47.9 Å². The molecule has 1 aromatic rings. The second kappa shape index (κ2) is 35.6. The SMILES string of the molecule is CC[C@H](C)[C@H](NC(=O)[C@H](CCCC[NH3+])NC(=O)[C@H](CO)NC(=O)[C@H](CC(C)C)NC(=O)[C@@H](NC(=O)[C@H](CCCC[NH3+])NC(=O)CN)C(C)C)C(=O)N[C@@H](Cc1ccccc1)C(=O)NCC(=O)N[C@H](C=O)CC(N)=O. The molecule has 20 N–H and O–H groups in total. The molecular formula is C49H85N13O12+2. The first kappa shape index (κ1) is 65.4. The number of quaternary nitrogens is 2. The number of aldehydes is 1. The van der Waals surface area contributed by atoms with Crippen molar-refractivity contribution in [1.82, 2.24) is 47.9 Å². The molecular weight excluding hydrogens is 963 g/mol. The number of primary amides is 1. The topological polar surface area (TPSA) is 424 Å². The van der Waals surface area contributed by atoms with Crippen molar-refractivity contribution in [2.45, 2.75) is 154 Å². The summed E-state index contributed by atoms with van der Waals surface area (Å²) in [5.74, 6) is -8.85. The highest BCUT2D eigenvalue weighted by Crippen LogP contribution is 2.14. The zero-order valence-corrected chi connectivity index (χ0v) is 43.9. The van der Waals surface area contributed by atoms with E-state index in [1.807, 2.05) is 0 Å². The number of rotatable bonds is 37. The molecule has 0 saturated carbocycles. The van der Waals surface area contributed by atoms with Crippen molar-refractivity contribution >= 4 is 65.4 Å². The quantitative estimate of drug-likeness (QED) is 0.0219. The van der Waals surface area contributed by atoms with Crippen LogP contribution in [0.4, 0.5) is 0 Å². The van der Waals surface area contributed by atoms with Crippen LogP contribution in [0.3, 0.4) is 0 Å². The van der Waals surface area contributed by atoms with Gasteiger partial charge in [0, 0.05) is 6.42 Å². The van der Waals surface area contributed by atoms with E-state index in [2.05, 4.69) is 59.3 Å². The Hall–Kier alpha value is -6.57. The highest BCUT2D eigenvalue weighted by atomic mass is 16.3. The van der Waals surface area contributed by atoms with Gasteiger partial charge < -0.3 is 80.7 Å². The van der Waals surface area contributed by atoms with Crippen LogP contribution in [-0.4, -0.2) is 152 Å². The number of amides is 10. The van der Waals surface area contributed by atoms with E-state index in [0.29, 0.717) is 57.0 Å². The van der Waals surface area contributed by atoms with Crippen molar-refractivity contribution in [2.24, 2.45) is 29.2 Å². The van der Waals surface area contributed by atoms with Gasteiger partial charge in [-0.25, -0.2) is 0 Å². The summed E-state index contributed by atoms with van der Waals surface area (Å²) >= 11 is 0. The highest BCUT2D eigenvalue weighted by molar-refractivity contribution is 5.98. The zero-order chi connectivity index (χ0) is 55.9. The van der Waals surface area contributed by atoms with Crippen molar-refractivity contribution in [3.63, 3.8) is 0 Å². The number of hydrogen-bond acceptors (Lipinski definition) is 13. The number of unbranched alkanes of at least 4 members (excludes halogenated alkanes) is 2. The monoisotopic (exact) mass is 1050 g/mol. The molecule has 0 aliphatic carbocycles. The number of carbonyl (C=O) groups excluding carboxylic acids is 11. The number of hydrogen-bond donors (Lipinski definition) is 14. The first-order valence-electron chi connectivity index (χ1n) is 25.4. The Labute approximate surface area is 433 Å². The summed E-state index contributed by atoms with van der Waals surface area (Å²) in [7, 11) is 0. The molecule has 74 heavy (non-hydrogen) atoms. The number of benzene rings is 1. The summed E-state index contributed by atoms with van der Waals surface area (Å²) in [6, 6.07) is -1.45. The first-order chi connectivity index (χ1) is 35.0. The molecule has 0 fully saturated rings. The van der Waals surface area contributed by atoms with Crippen LogP contribution in [0.25, 0.3) is 0 Å². The van der Waals surface area contributed by atoms with Crippen molar-refractivity contribution in [2.75, 3.05) is 32.8 Å². The van der Waals surface area contributed by atoms with E-state index in [1.54, 1.807) is 71.9 Å². The van der Waals surface area contributed by atoms with E-state index >= 15 is 0 Å². The molecule has 0 heterocycles. The number of nitrogens with one attached hydrogen (secondary N) is 9. The zero-order valence-electron chi connectivity index (χ0n) is 43.9. The van der Waals surface area contributed by atoms with Crippen LogP contribution < -0.4 is 70.8 Å². The van der Waals surface area contributed by atoms with Gasteiger partial charge in [0.15, 0.2) is 0 Å². The van der Waals surface area contributed by atoms with Gasteiger partial charge >= 0.3 is 0 Å². The van der Waals surface area contributed by atoms with Crippen LogP contribution >= 0.6 is 0 Å². The van der Waals surface area contributed by atoms with E-state index in [-0.39, 0.29) is 38.1 Å². The minimum atomic E-state index is -1.62. The Morgan fingerprint density at radius 1 is 0.608 bits per heavy atom. The Kier molecular flexibility index (Phi) is 31.4. The Morgan fingerprint density at radius 2 is 1.11 bits per heavy atom. The van der Waals surface area contributed by atoms with Gasteiger partial charge in [-0.2, -0.15) is 0 Å². The lowest BCUT2D eigenvalue weighted by molar-refractivity contribution is -0.368. The van der Waals surface area contributed by atoms with Crippen molar-refractivity contribution in [1.29, 1.82) is 0 Å². The molecule has 9 atom stereocenters. The van der Waals surface area contributed by atoms with Gasteiger partial charge in [0.1, 0.15) is 48.6 Å². The number of nitrogens with two attached hydrogens (primary N) is 2. The molecule has 0 saturated heterocycles. The first-order valence-corrected chi connectivity index (χ1v) is 25.4. The van der Waals surface area contributed by atoms with Crippen LogP contribution in [0.2, 0.25) is 0 Å². The van der Waals surface area contributed by atoms with E-state index in [1.165, 1.54) is 0 Å². The minimum Gasteiger partial charge on any atom is -0.394 e. The summed E-state index contributed by atoms with van der Waals surface area (Å²) in [4.78, 5) is 144. The van der Waals surface area contributed by atoms with Crippen LogP contribution in [-0.2, 0) is 59.2 Å². The predicted octanol–water partition coefficient (Wildman–Crippen LogP) is -5.18. The number of carbonyl (C=O) groups is 11. The van der Waals surface area contributed by atoms with Crippen molar-refractivity contribution in [3.8, 4) is 0 Å². The van der Waals surface area contributed by atoms with Gasteiger partial charge in [-0.15, -0.1) is 0 Å². The second-order valence-corrected chi connectivity index (χ2v) is 19.1. The Balaban J connectivity index is 3.37. The molecule has 0 radical (unpaired) electrons. The van der Waals surface area contributed by atoms with Gasteiger partial charge in [0.2, 0.25) is 59.1 Å². The largest absolute Gasteiger partial charge is 0.394 e. The minimum absolute atomic E-state index is 0.0388. The smallest absolute Gasteiger partial charge is 0.245 e. The average Bonchev–Trinajstić information content (AvgIpc) is 3.35. The predicted molar refractivity (Wildman–Crippen MR) is 272 cm³/mol. The molecule has 1 rings (SSSR count). The summed E-state index contributed by atoms with van der Waals surface area (Å²) in [5, 5.41) is 33.6. The third-order valence-corrected chi connectivity index (χ3v) is 11.9. The van der Waals surface area contributed by atoms with Gasteiger partial charge in [0.25, 0.3) is 0 Å². The lowest BCUT2D eigenvalue weighted by Crippen LogP contribution is -2.61. The molecule has 0 unspecified atom stereocenters. The maximum Gasteiger partial charge on any atom is 0.245 e. The van der Waals surface area contributed by atoms with Crippen LogP contribution in [0.1, 0.15) is 105 Å². The van der Waals surface area contributed by atoms with E-state index in [0.717, 1.165) is 0 Å². The molecule has 0 bridgehead atoms. The van der Waals surface area contributed by atoms with Crippen LogP contribution in [0.5, 0.6) is 0 Å². The second-order valence-electron chi connectivity index (χ2n) is 19.1. The van der Waals surface area contributed by atoms with E-state index in [4.69, 9.17) is 11.5 Å². The molecule has 1 aromatic carbocycles. The lowest BCUT2D eigenvalue weighted by atomic mass is 9.96. The molecule has 25 nitrogen and oxygen atoms in total. The normalized spacial score (nSPS) is 14.8. The summed E-state index contributed by atoms with van der Waals surface area (Å²) in [5.41, 5.74) is 18.9. The molecule has 0 aliphatic rings. The van der Waals surface area contributed by atoms with Gasteiger partial charge in [-0.1, -0.05) is 78.3 Å². The van der Waals surface area contributed by atoms with Crippen LogP contribution in [0.15, 0.2) is 30.3 Å². The fourth-order valence-corrected chi connectivity index (χ4v) is 7.51. The molecule has 416 valence electrons. The fourth-order valence-electron chi connectivity index (χ4n) is 7.51. The van der Waals surface area contributed by atoms with Crippen LogP contribution in [0, 0.1) is 17.8 Å². The molecule has 10 amide bonds. The lowest BCUT2D eigenvalue weighted by Gasteiger charge is -2.29. The summed E-state index contributed by atoms with van der Waals surface area (Å²) in [6.07, 6.45) is 2.82. The van der Waals surface area contributed by atoms with E-state index in [9.17, 15) is 57.8 Å². The Morgan fingerprint density at radius 3 is 1.61 bits per heavy atom. The van der Waals surface area contributed by atoms with Gasteiger partial charge in [0.05, 0.1) is 45.2 Å². The van der Waals surface area contributed by atoms with Crippen molar-refractivity contribution in [3.05, 3.63) is 35.9 Å². The Bertz CT molecular complexity index is 1990. The van der Waals surface area contributed by atoms with E-state index < -0.39 is 139 Å². The molecule has 0 aliphatic heterocycles. The number of aliphatic hydroxyl groups excluding tert-OH is 1. The van der Waals surface area contributed by atoms with Gasteiger partial charge in [-0.05, 0) is 68.3 Å². The third kappa shape index (κ3) is 24.9. The summed E-state index contributed by atoms with van der Waals surface area (Å²) in [6.45, 7) is 9.66. The standard InChI is InChI=1S/C49H83N13O12/c1-7-30(6)42(49(74)59-36(22-31-15-9-8-10-16-31)43(68)54-25-40(67)55-32(26-63)23-38(53)65)62-45(70)34(18-12-14-20-51)57-47(72)37(27-64)60-46(71)35(21-28(2)3)58-48(73)41(29(4)5)61-44(69)33(17-11-13-19-50)56-39(66)24-52/h8-10,15-16,26,28-30,32-37,41-42,64H,7,11-14,17-25,27,50-52H2,1-6H3,(H2,53,65)(H,54,68)(H,55,67)(H,56,66)(H,57,72)(H,58,73)(H,59,74)(H,60,71)(H,61,69)(H,62,70)/p+2/t30-,32-,33-,34-,35-,36-,37-,41-,42-/m0/s1. The molecule has 25 heteroatoms. The summed E-state index contributed by atoms with van der Waals surface area (Å²) < 4.78 is 0. The third-order valence-electron chi connectivity index (χ3n) is 11.9. The maximum atomic E-state index is 14.2. The average molecular weight is 1050 g/mol. The molecule has 0 spiro atoms. The maximum absolute atomic E-state index is 14.2. The fraction of sp³-hybridized carbons (Fsp3) is 0.653. The highest BCUT2D eigenvalue weighted by Gasteiger charge is 2.36.